The van der Waals surface area contributed by atoms with Gasteiger partial charge >= 0.3 is 0 Å². The molecule has 1 N–H and O–H groups in total. The molecule has 1 aromatic heterocycles. The van der Waals surface area contributed by atoms with Crippen molar-refractivity contribution in [1.29, 1.82) is 0 Å². The van der Waals surface area contributed by atoms with Gasteiger partial charge in [0.2, 0.25) is 5.91 Å². The number of pyridine rings is 1. The zero-order valence-electron chi connectivity index (χ0n) is 12.9. The summed E-state index contributed by atoms with van der Waals surface area (Å²) in [4.78, 5) is 16.1. The lowest BCUT2D eigenvalue weighted by Crippen LogP contribution is -2.09. The quantitative estimate of drug-likeness (QED) is 0.824. The highest BCUT2D eigenvalue weighted by Crippen LogP contribution is 2.13. The molecule has 0 atom stereocenters. The first kappa shape index (κ1) is 15.8. The van der Waals surface area contributed by atoms with Gasteiger partial charge in [0, 0.05) is 11.8 Å². The monoisotopic (exact) mass is 296 g/mol. The largest absolute Gasteiger partial charge is 0.494 e. The van der Waals surface area contributed by atoms with Gasteiger partial charge < -0.3 is 10.1 Å². The number of anilines is 1. The fourth-order valence-electron chi connectivity index (χ4n) is 1.85. The zero-order chi connectivity index (χ0) is 15.8. The molecule has 0 spiro atoms. The van der Waals surface area contributed by atoms with Gasteiger partial charge in [0.05, 0.1) is 6.61 Å². The summed E-state index contributed by atoms with van der Waals surface area (Å²) in [7, 11) is 0. The van der Waals surface area contributed by atoms with Crippen LogP contribution >= 0.6 is 0 Å². The molecule has 0 unspecified atom stereocenters. The van der Waals surface area contributed by atoms with Gasteiger partial charge in [-0.15, -0.1) is 0 Å². The molecular formula is C18H20N2O2. The lowest BCUT2D eigenvalue weighted by Gasteiger charge is -2.04. The number of nitrogens with zero attached hydrogens (tertiary/aromatic N) is 1. The molecular weight excluding hydrogens is 276 g/mol. The zero-order valence-corrected chi connectivity index (χ0v) is 12.9. The van der Waals surface area contributed by atoms with Gasteiger partial charge in [0.25, 0.3) is 0 Å². The van der Waals surface area contributed by atoms with E-state index >= 15 is 0 Å². The van der Waals surface area contributed by atoms with Gasteiger partial charge in [0.15, 0.2) is 0 Å². The molecule has 2 aromatic rings. The molecule has 0 aliphatic carbocycles. The Morgan fingerprint density at radius 2 is 2.00 bits per heavy atom. The Labute approximate surface area is 130 Å². The van der Waals surface area contributed by atoms with Crippen molar-refractivity contribution in [3.63, 3.8) is 0 Å². The Morgan fingerprint density at radius 1 is 1.23 bits per heavy atom. The molecule has 0 fully saturated rings. The predicted molar refractivity (Wildman–Crippen MR) is 88.9 cm³/mol. The third-order valence-electron chi connectivity index (χ3n) is 2.92. The van der Waals surface area contributed by atoms with Gasteiger partial charge in [-0.3, -0.25) is 4.79 Å². The average Bonchev–Trinajstić information content (AvgIpc) is 2.52. The summed E-state index contributed by atoms with van der Waals surface area (Å²) >= 11 is 0. The molecule has 22 heavy (non-hydrogen) atoms. The third-order valence-corrected chi connectivity index (χ3v) is 2.92. The van der Waals surface area contributed by atoms with Gasteiger partial charge in [-0.05, 0) is 49.2 Å². The smallest absolute Gasteiger partial charge is 0.249 e. The Balaban J connectivity index is 1.92. The van der Waals surface area contributed by atoms with Crippen LogP contribution in [0, 0.1) is 6.92 Å². The van der Waals surface area contributed by atoms with Crippen LogP contribution in [-0.2, 0) is 4.79 Å². The Morgan fingerprint density at radius 3 is 2.68 bits per heavy atom. The van der Waals surface area contributed by atoms with Gasteiger partial charge in [0.1, 0.15) is 11.6 Å². The van der Waals surface area contributed by atoms with Crippen LogP contribution in [0.25, 0.3) is 6.08 Å². The number of benzene rings is 1. The van der Waals surface area contributed by atoms with E-state index in [0.29, 0.717) is 12.4 Å². The lowest BCUT2D eigenvalue weighted by molar-refractivity contribution is -0.111. The predicted octanol–water partition coefficient (Wildman–Crippen LogP) is 3.83. The molecule has 0 saturated carbocycles. The van der Waals surface area contributed by atoms with E-state index in [9.17, 15) is 4.79 Å². The van der Waals surface area contributed by atoms with Crippen molar-refractivity contribution >= 4 is 17.8 Å². The summed E-state index contributed by atoms with van der Waals surface area (Å²) in [5.74, 6) is 1.19. The topological polar surface area (TPSA) is 51.2 Å². The second kappa shape index (κ2) is 7.98. The van der Waals surface area contributed by atoms with Gasteiger partial charge in [-0.2, -0.15) is 0 Å². The van der Waals surface area contributed by atoms with E-state index < -0.39 is 0 Å². The van der Waals surface area contributed by atoms with E-state index in [4.69, 9.17) is 4.74 Å². The molecule has 0 aliphatic heterocycles. The minimum Gasteiger partial charge on any atom is -0.494 e. The molecule has 4 heteroatoms. The number of hydrogen-bond donors (Lipinski definition) is 1. The van der Waals surface area contributed by atoms with E-state index in [1.165, 1.54) is 6.08 Å². The minimum absolute atomic E-state index is 0.204. The van der Waals surface area contributed by atoms with Crippen LogP contribution < -0.4 is 10.1 Å². The Hall–Kier alpha value is -2.62. The first-order valence-corrected chi connectivity index (χ1v) is 7.33. The maximum atomic E-state index is 11.8. The molecule has 1 heterocycles. The fraction of sp³-hybridized carbons (Fsp3) is 0.222. The number of rotatable bonds is 6. The number of aryl methyl sites for hydroxylation is 1. The highest BCUT2D eigenvalue weighted by atomic mass is 16.5. The second-order valence-corrected chi connectivity index (χ2v) is 4.90. The maximum Gasteiger partial charge on any atom is 0.249 e. The molecule has 1 aromatic carbocycles. The molecule has 0 radical (unpaired) electrons. The summed E-state index contributed by atoms with van der Waals surface area (Å²) < 4.78 is 5.51. The van der Waals surface area contributed by atoms with Crippen molar-refractivity contribution in [3.8, 4) is 5.75 Å². The van der Waals surface area contributed by atoms with Crippen molar-refractivity contribution in [2.24, 2.45) is 0 Å². The van der Waals surface area contributed by atoms with Crippen LogP contribution in [0.5, 0.6) is 5.75 Å². The molecule has 4 nitrogen and oxygen atoms in total. The number of nitrogens with one attached hydrogen (secondary N) is 1. The molecule has 114 valence electrons. The maximum absolute atomic E-state index is 11.8. The minimum atomic E-state index is -0.204. The van der Waals surface area contributed by atoms with Crippen molar-refractivity contribution < 1.29 is 9.53 Å². The first-order valence-electron chi connectivity index (χ1n) is 7.33. The Kier molecular flexibility index (Phi) is 5.72. The fourth-order valence-corrected chi connectivity index (χ4v) is 1.85. The first-order chi connectivity index (χ1) is 10.7. The number of ether oxygens (including phenoxy) is 1. The summed E-state index contributed by atoms with van der Waals surface area (Å²) in [6.07, 6.45) is 4.23. The van der Waals surface area contributed by atoms with Gasteiger partial charge in [-0.25, -0.2) is 4.98 Å². The summed E-state index contributed by atoms with van der Waals surface area (Å²) in [5.41, 5.74) is 1.81. The SMILES string of the molecule is CCCOc1ccc(/C=C/C(=O)Nc2cccc(C)n2)cc1. The van der Waals surface area contributed by atoms with E-state index in [-0.39, 0.29) is 5.91 Å². The van der Waals surface area contributed by atoms with Crippen LogP contribution in [0.2, 0.25) is 0 Å². The second-order valence-electron chi connectivity index (χ2n) is 4.90. The van der Waals surface area contributed by atoms with E-state index in [1.54, 1.807) is 12.1 Å². The Bertz CT molecular complexity index is 648. The number of carbonyl (C=O) groups excluding carboxylic acids is 1. The number of amides is 1. The molecule has 1 amide bonds. The number of hydrogen-bond acceptors (Lipinski definition) is 3. The molecule has 0 saturated heterocycles. The lowest BCUT2D eigenvalue weighted by atomic mass is 10.2. The van der Waals surface area contributed by atoms with Crippen molar-refractivity contribution in [1.82, 2.24) is 4.98 Å². The molecule has 0 bridgehead atoms. The van der Waals surface area contributed by atoms with E-state index in [0.717, 1.165) is 23.4 Å². The van der Waals surface area contributed by atoms with E-state index in [1.807, 2.05) is 43.3 Å². The van der Waals surface area contributed by atoms with Crippen molar-refractivity contribution in [3.05, 3.63) is 59.8 Å². The van der Waals surface area contributed by atoms with Crippen molar-refractivity contribution in [2.75, 3.05) is 11.9 Å². The van der Waals surface area contributed by atoms with Crippen LogP contribution in [0.3, 0.4) is 0 Å². The standard InChI is InChI=1S/C18H20N2O2/c1-3-13-22-16-10-7-15(8-11-16)9-12-18(21)20-17-6-4-5-14(2)19-17/h4-12H,3,13H2,1-2H3,(H,19,20,21)/b12-9+. The van der Waals surface area contributed by atoms with E-state index in [2.05, 4.69) is 17.2 Å². The molecule has 0 aliphatic rings. The highest BCUT2D eigenvalue weighted by Gasteiger charge is 1.99. The van der Waals surface area contributed by atoms with Gasteiger partial charge in [-0.1, -0.05) is 25.1 Å². The van der Waals surface area contributed by atoms with Crippen LogP contribution in [0.1, 0.15) is 24.6 Å². The van der Waals surface area contributed by atoms with Crippen LogP contribution in [-0.4, -0.2) is 17.5 Å². The summed E-state index contributed by atoms with van der Waals surface area (Å²) in [5, 5.41) is 2.73. The third kappa shape index (κ3) is 5.05. The number of carbonyl (C=O) groups is 1. The summed E-state index contributed by atoms with van der Waals surface area (Å²) in [6, 6.07) is 13.1. The van der Waals surface area contributed by atoms with Crippen LogP contribution in [0.4, 0.5) is 5.82 Å². The normalized spacial score (nSPS) is 10.6. The number of aromatic nitrogens is 1. The highest BCUT2D eigenvalue weighted by molar-refractivity contribution is 6.01. The van der Waals surface area contributed by atoms with Crippen LogP contribution in [0.15, 0.2) is 48.5 Å². The summed E-state index contributed by atoms with van der Waals surface area (Å²) in [6.45, 7) is 4.66. The molecule has 2 rings (SSSR count). The average molecular weight is 296 g/mol. The van der Waals surface area contributed by atoms with Crippen molar-refractivity contribution in [2.45, 2.75) is 20.3 Å².